The average Bonchev–Trinajstić information content (AvgIpc) is 3.16. The number of aromatic amines is 1. The van der Waals surface area contributed by atoms with Crippen molar-refractivity contribution >= 4 is 27.6 Å². The second-order valence-corrected chi connectivity index (χ2v) is 10.2. The third-order valence-corrected chi connectivity index (χ3v) is 7.92. The molecule has 0 bridgehead atoms. The van der Waals surface area contributed by atoms with Gasteiger partial charge >= 0.3 is 11.7 Å². The van der Waals surface area contributed by atoms with Crippen molar-refractivity contribution in [3.05, 3.63) is 68.0 Å². The minimum absolute atomic E-state index is 0.0950. The Balaban J connectivity index is 1.78. The highest BCUT2D eigenvalue weighted by molar-refractivity contribution is 8.76. The van der Waals surface area contributed by atoms with Crippen LogP contribution in [-0.2, 0) is 9.47 Å². The van der Waals surface area contributed by atoms with Crippen LogP contribution >= 0.6 is 21.6 Å². The molecule has 2 N–H and O–H groups in total. The summed E-state index contributed by atoms with van der Waals surface area (Å²) in [6, 6.07) is 7.30. The quantitative estimate of drug-likeness (QED) is 0.451. The molecule has 3 rings (SSSR count). The van der Waals surface area contributed by atoms with Gasteiger partial charge in [0, 0.05) is 29.2 Å². The number of H-pyrrole nitrogens is 1. The van der Waals surface area contributed by atoms with E-state index in [1.165, 1.54) is 10.8 Å². The highest BCUT2D eigenvalue weighted by atomic mass is 33.1. The van der Waals surface area contributed by atoms with E-state index in [-0.39, 0.29) is 18.3 Å². The fourth-order valence-electron chi connectivity index (χ4n) is 3.42. The Bertz CT molecular complexity index is 1040. The van der Waals surface area contributed by atoms with E-state index in [0.717, 1.165) is 11.3 Å². The molecule has 31 heavy (non-hydrogen) atoms. The molecule has 0 radical (unpaired) electrons. The number of rotatable bonds is 8. The Morgan fingerprint density at radius 1 is 1.39 bits per heavy atom. The van der Waals surface area contributed by atoms with E-state index < -0.39 is 35.7 Å². The molecule has 0 amide bonds. The maximum absolute atomic E-state index is 13.0. The Morgan fingerprint density at radius 2 is 2.13 bits per heavy atom. The maximum Gasteiger partial charge on any atom is 0.338 e. The fraction of sp³-hybridized carbons (Fsp3) is 0.476. The van der Waals surface area contributed by atoms with E-state index in [2.05, 4.69) is 11.9 Å². The molecule has 1 aromatic carbocycles. The van der Waals surface area contributed by atoms with E-state index in [0.29, 0.717) is 11.1 Å². The zero-order valence-electron chi connectivity index (χ0n) is 17.6. The first-order chi connectivity index (χ1) is 14.8. The molecule has 1 aliphatic rings. The number of nitrogens with zero attached hydrogens (tertiary/aromatic N) is 1. The number of aliphatic hydroxyl groups is 1. The van der Waals surface area contributed by atoms with Crippen molar-refractivity contribution in [3.8, 4) is 0 Å². The molecular formula is C21H26N2O6S2. The summed E-state index contributed by atoms with van der Waals surface area (Å²) in [7, 11) is 3.41. The first kappa shape index (κ1) is 23.6. The van der Waals surface area contributed by atoms with Crippen LogP contribution in [0.3, 0.4) is 0 Å². The molecule has 2 heterocycles. The summed E-state index contributed by atoms with van der Waals surface area (Å²) >= 11 is 0. The molecular weight excluding hydrogens is 440 g/mol. The van der Waals surface area contributed by atoms with Crippen LogP contribution in [0.1, 0.15) is 53.2 Å². The third-order valence-electron chi connectivity index (χ3n) is 5.02. The number of hydrogen-bond donors (Lipinski definition) is 2. The van der Waals surface area contributed by atoms with Crippen molar-refractivity contribution < 1.29 is 19.4 Å². The molecule has 1 saturated heterocycles. The van der Waals surface area contributed by atoms with Crippen molar-refractivity contribution in [2.45, 2.75) is 50.9 Å². The van der Waals surface area contributed by atoms with Crippen molar-refractivity contribution in [3.63, 3.8) is 0 Å². The summed E-state index contributed by atoms with van der Waals surface area (Å²) in [6.07, 6.45) is -0.682. The second kappa shape index (κ2) is 10.5. The third kappa shape index (κ3) is 5.43. The SMILES string of the molecule is CCSSC(C)c1ccccc1C(=O)OC1C[C@H](n2cc(C)c(=O)[nH]c2=O)O[C@@H]1CO. The second-order valence-electron chi connectivity index (χ2n) is 7.20. The van der Waals surface area contributed by atoms with Gasteiger partial charge < -0.3 is 14.6 Å². The lowest BCUT2D eigenvalue weighted by Crippen LogP contribution is -2.33. The van der Waals surface area contributed by atoms with Gasteiger partial charge in [0.05, 0.1) is 12.2 Å². The van der Waals surface area contributed by atoms with Gasteiger partial charge in [0.2, 0.25) is 0 Å². The smallest absolute Gasteiger partial charge is 0.338 e. The van der Waals surface area contributed by atoms with Crippen molar-refractivity contribution in [2.24, 2.45) is 0 Å². The fourth-order valence-corrected chi connectivity index (χ4v) is 5.40. The van der Waals surface area contributed by atoms with Crippen molar-refractivity contribution in [1.29, 1.82) is 0 Å². The van der Waals surface area contributed by atoms with Crippen LogP contribution in [0.25, 0.3) is 0 Å². The number of aromatic nitrogens is 2. The van der Waals surface area contributed by atoms with Gasteiger partial charge in [-0.05, 0) is 25.5 Å². The Hall–Kier alpha value is -2.01. The maximum atomic E-state index is 13.0. The van der Waals surface area contributed by atoms with Gasteiger partial charge in [-0.1, -0.05) is 46.7 Å². The number of esters is 1. The van der Waals surface area contributed by atoms with Gasteiger partial charge in [-0.25, -0.2) is 9.59 Å². The zero-order valence-corrected chi connectivity index (χ0v) is 19.2. The van der Waals surface area contributed by atoms with E-state index in [1.54, 1.807) is 40.6 Å². The molecule has 0 aliphatic carbocycles. The van der Waals surface area contributed by atoms with Crippen LogP contribution < -0.4 is 11.2 Å². The van der Waals surface area contributed by atoms with Gasteiger partial charge in [0.25, 0.3) is 5.56 Å². The summed E-state index contributed by atoms with van der Waals surface area (Å²) in [6.45, 7) is 5.32. The number of ether oxygens (including phenoxy) is 2. The minimum atomic E-state index is -0.775. The van der Waals surface area contributed by atoms with Gasteiger partial charge in [-0.3, -0.25) is 14.3 Å². The Labute approximate surface area is 187 Å². The molecule has 1 aromatic heterocycles. The summed E-state index contributed by atoms with van der Waals surface area (Å²) in [5.74, 6) is 0.465. The number of aliphatic hydroxyl groups excluding tert-OH is 1. The zero-order chi connectivity index (χ0) is 22.5. The highest BCUT2D eigenvalue weighted by Crippen LogP contribution is 2.39. The lowest BCUT2D eigenvalue weighted by Gasteiger charge is -2.19. The monoisotopic (exact) mass is 466 g/mol. The predicted octanol–water partition coefficient (Wildman–Crippen LogP) is 2.81. The highest BCUT2D eigenvalue weighted by Gasteiger charge is 2.39. The lowest BCUT2D eigenvalue weighted by molar-refractivity contribution is -0.0522. The van der Waals surface area contributed by atoms with Crippen LogP contribution in [0.15, 0.2) is 40.1 Å². The number of nitrogens with one attached hydrogen (secondary N) is 1. The molecule has 8 nitrogen and oxygen atoms in total. The average molecular weight is 467 g/mol. The number of carbonyl (C=O) groups excluding carboxylic acids is 1. The molecule has 10 heteroatoms. The van der Waals surface area contributed by atoms with Crippen LogP contribution in [-0.4, -0.2) is 45.2 Å². The molecule has 1 aliphatic heterocycles. The Kier molecular flexibility index (Phi) is 8.04. The summed E-state index contributed by atoms with van der Waals surface area (Å²) in [5.41, 5.74) is 0.618. The first-order valence-electron chi connectivity index (χ1n) is 10.0. The number of hydrogen-bond acceptors (Lipinski definition) is 8. The molecule has 2 aromatic rings. The van der Waals surface area contributed by atoms with E-state index in [9.17, 15) is 19.5 Å². The van der Waals surface area contributed by atoms with Gasteiger partial charge in [0.15, 0.2) is 0 Å². The van der Waals surface area contributed by atoms with Crippen LogP contribution in [0.5, 0.6) is 0 Å². The molecule has 1 fully saturated rings. The minimum Gasteiger partial charge on any atom is -0.456 e. The largest absolute Gasteiger partial charge is 0.456 e. The van der Waals surface area contributed by atoms with E-state index >= 15 is 0 Å². The number of benzene rings is 1. The van der Waals surface area contributed by atoms with Gasteiger partial charge in [0.1, 0.15) is 18.4 Å². The van der Waals surface area contributed by atoms with Crippen molar-refractivity contribution in [1.82, 2.24) is 9.55 Å². The van der Waals surface area contributed by atoms with Gasteiger partial charge in [-0.15, -0.1) is 0 Å². The molecule has 168 valence electrons. The van der Waals surface area contributed by atoms with Crippen molar-refractivity contribution in [2.75, 3.05) is 12.4 Å². The lowest BCUT2D eigenvalue weighted by atomic mass is 10.0. The van der Waals surface area contributed by atoms with Crippen LogP contribution in [0.2, 0.25) is 0 Å². The predicted molar refractivity (Wildman–Crippen MR) is 121 cm³/mol. The normalized spacial score (nSPS) is 21.7. The topological polar surface area (TPSA) is 111 Å². The van der Waals surface area contributed by atoms with Gasteiger partial charge in [-0.2, -0.15) is 0 Å². The molecule has 0 saturated carbocycles. The van der Waals surface area contributed by atoms with Crippen LogP contribution in [0.4, 0.5) is 0 Å². The molecule has 4 atom stereocenters. The summed E-state index contributed by atoms with van der Waals surface area (Å²) in [4.78, 5) is 39.0. The van der Waals surface area contributed by atoms with Crippen LogP contribution in [0, 0.1) is 6.92 Å². The number of carbonyl (C=O) groups is 1. The summed E-state index contributed by atoms with van der Waals surface area (Å²) in [5, 5.41) is 9.82. The van der Waals surface area contributed by atoms with E-state index in [1.807, 2.05) is 19.1 Å². The summed E-state index contributed by atoms with van der Waals surface area (Å²) < 4.78 is 12.7. The molecule has 0 spiro atoms. The van der Waals surface area contributed by atoms with E-state index in [4.69, 9.17) is 9.47 Å². The standard InChI is InChI=1S/C21H26N2O6S2/c1-4-30-31-13(3)14-7-5-6-8-15(14)20(26)29-16-9-18(28-17(16)11-24)23-10-12(2)19(25)22-21(23)27/h5-8,10,13,16-18,24H,4,9,11H2,1-3H3,(H,22,25,27)/t13?,16?,17-,18-/m1/s1. The first-order valence-corrected chi connectivity index (χ1v) is 12.4. The molecule has 2 unspecified atom stereocenters. The Morgan fingerprint density at radius 3 is 2.84 bits per heavy atom. The number of aryl methyl sites for hydroxylation is 1.